The lowest BCUT2D eigenvalue weighted by molar-refractivity contribution is -0.151. The van der Waals surface area contributed by atoms with Gasteiger partial charge in [-0.1, -0.05) is 20.3 Å². The van der Waals surface area contributed by atoms with Crippen molar-refractivity contribution < 1.29 is 14.3 Å². The number of amides is 2. The van der Waals surface area contributed by atoms with E-state index in [4.69, 9.17) is 4.74 Å². The first-order chi connectivity index (χ1) is 9.04. The summed E-state index contributed by atoms with van der Waals surface area (Å²) in [5.41, 5.74) is 0. The monoisotopic (exact) mass is 268 g/mol. The maximum atomic E-state index is 12.4. The summed E-state index contributed by atoms with van der Waals surface area (Å²) in [4.78, 5) is 26.3. The highest BCUT2D eigenvalue weighted by Crippen LogP contribution is 2.23. The lowest BCUT2D eigenvalue weighted by atomic mass is 9.92. The van der Waals surface area contributed by atoms with E-state index >= 15 is 0 Å². The fourth-order valence-corrected chi connectivity index (χ4v) is 2.89. The molecular weight excluding hydrogens is 244 g/mol. The molecule has 1 N–H and O–H groups in total. The number of hydrogen-bond donors (Lipinski definition) is 1. The molecule has 4 atom stereocenters. The van der Waals surface area contributed by atoms with Gasteiger partial charge in [-0.05, 0) is 19.3 Å². The second kappa shape index (κ2) is 5.90. The third kappa shape index (κ3) is 2.91. The van der Waals surface area contributed by atoms with Gasteiger partial charge in [-0.2, -0.15) is 0 Å². The van der Waals surface area contributed by atoms with Crippen molar-refractivity contribution >= 4 is 11.8 Å². The SMILES string of the molecule is CCC(C)C1C(=O)NC(C)C(=O)N1CC1CCOC1. The molecule has 0 aromatic heterocycles. The molecule has 2 aliphatic heterocycles. The molecule has 2 saturated heterocycles. The zero-order chi connectivity index (χ0) is 14.0. The number of nitrogens with one attached hydrogen (secondary N) is 1. The molecule has 2 rings (SSSR count). The maximum Gasteiger partial charge on any atom is 0.245 e. The third-order valence-electron chi connectivity index (χ3n) is 4.28. The molecule has 0 aliphatic carbocycles. The average molecular weight is 268 g/mol. The Morgan fingerprint density at radius 1 is 1.47 bits per heavy atom. The first-order valence-electron chi connectivity index (χ1n) is 7.23. The summed E-state index contributed by atoms with van der Waals surface area (Å²) >= 11 is 0. The van der Waals surface area contributed by atoms with E-state index in [9.17, 15) is 9.59 Å². The summed E-state index contributed by atoms with van der Waals surface area (Å²) in [5, 5.41) is 2.79. The Bertz CT molecular complexity index is 353. The fraction of sp³-hybridized carbons (Fsp3) is 0.857. The maximum absolute atomic E-state index is 12.4. The third-order valence-corrected chi connectivity index (χ3v) is 4.28. The van der Waals surface area contributed by atoms with Gasteiger partial charge in [0.15, 0.2) is 0 Å². The molecule has 4 unspecified atom stereocenters. The summed E-state index contributed by atoms with van der Waals surface area (Å²) in [7, 11) is 0. The first kappa shape index (κ1) is 14.3. The largest absolute Gasteiger partial charge is 0.381 e. The molecule has 0 bridgehead atoms. The van der Waals surface area contributed by atoms with Gasteiger partial charge in [0.1, 0.15) is 12.1 Å². The Morgan fingerprint density at radius 3 is 2.79 bits per heavy atom. The lowest BCUT2D eigenvalue weighted by Crippen LogP contribution is -2.64. The minimum Gasteiger partial charge on any atom is -0.381 e. The quantitative estimate of drug-likeness (QED) is 0.820. The van der Waals surface area contributed by atoms with Crippen LogP contribution >= 0.6 is 0 Å². The van der Waals surface area contributed by atoms with Crippen molar-refractivity contribution in [2.45, 2.75) is 45.7 Å². The standard InChI is InChI=1S/C14H24N2O3/c1-4-9(2)12-13(17)15-10(3)14(18)16(12)7-11-5-6-19-8-11/h9-12H,4-8H2,1-3H3,(H,15,17). The van der Waals surface area contributed by atoms with Crippen LogP contribution in [0.3, 0.4) is 0 Å². The number of rotatable bonds is 4. The molecule has 0 spiro atoms. The van der Waals surface area contributed by atoms with E-state index in [1.165, 1.54) is 0 Å². The normalized spacial score (nSPS) is 33.4. The van der Waals surface area contributed by atoms with Crippen molar-refractivity contribution in [1.82, 2.24) is 10.2 Å². The topological polar surface area (TPSA) is 58.6 Å². The van der Waals surface area contributed by atoms with Crippen molar-refractivity contribution in [1.29, 1.82) is 0 Å². The summed E-state index contributed by atoms with van der Waals surface area (Å²) < 4.78 is 5.37. The molecule has 0 aromatic carbocycles. The summed E-state index contributed by atoms with van der Waals surface area (Å²) in [5.74, 6) is 0.574. The Hall–Kier alpha value is -1.10. The van der Waals surface area contributed by atoms with Gasteiger partial charge in [-0.25, -0.2) is 0 Å². The van der Waals surface area contributed by atoms with Crippen LogP contribution in [0.4, 0.5) is 0 Å². The smallest absolute Gasteiger partial charge is 0.245 e. The minimum absolute atomic E-state index is 0.0136. The molecule has 0 radical (unpaired) electrons. The summed E-state index contributed by atoms with van der Waals surface area (Å²) in [6, 6.07) is -0.732. The van der Waals surface area contributed by atoms with Crippen molar-refractivity contribution in [3.05, 3.63) is 0 Å². The minimum atomic E-state index is -0.407. The van der Waals surface area contributed by atoms with Crippen LogP contribution in [-0.2, 0) is 14.3 Å². The van der Waals surface area contributed by atoms with Gasteiger partial charge in [0.2, 0.25) is 11.8 Å². The fourth-order valence-electron chi connectivity index (χ4n) is 2.89. The summed E-state index contributed by atoms with van der Waals surface area (Å²) in [6.07, 6.45) is 1.87. The molecule has 0 saturated carbocycles. The van der Waals surface area contributed by atoms with E-state index in [-0.39, 0.29) is 23.8 Å². The molecule has 2 heterocycles. The summed E-state index contributed by atoms with van der Waals surface area (Å²) in [6.45, 7) is 7.95. The van der Waals surface area contributed by atoms with Crippen molar-refractivity contribution in [3.8, 4) is 0 Å². The van der Waals surface area contributed by atoms with E-state index < -0.39 is 6.04 Å². The van der Waals surface area contributed by atoms with E-state index in [0.29, 0.717) is 19.1 Å². The van der Waals surface area contributed by atoms with Crippen LogP contribution in [0.2, 0.25) is 0 Å². The second-order valence-electron chi connectivity index (χ2n) is 5.78. The number of nitrogens with zero attached hydrogens (tertiary/aromatic N) is 1. The van der Waals surface area contributed by atoms with E-state index in [1.807, 2.05) is 6.92 Å². The highest BCUT2D eigenvalue weighted by Gasteiger charge is 2.41. The van der Waals surface area contributed by atoms with E-state index in [2.05, 4.69) is 12.2 Å². The van der Waals surface area contributed by atoms with Gasteiger partial charge in [0, 0.05) is 19.1 Å². The Kier molecular flexibility index (Phi) is 4.45. The van der Waals surface area contributed by atoms with Gasteiger partial charge in [0.25, 0.3) is 0 Å². The number of carbonyl (C=O) groups excluding carboxylic acids is 2. The molecular formula is C14H24N2O3. The highest BCUT2D eigenvalue weighted by atomic mass is 16.5. The van der Waals surface area contributed by atoms with Gasteiger partial charge in [-0.3, -0.25) is 9.59 Å². The molecule has 5 nitrogen and oxygen atoms in total. The Labute approximate surface area is 114 Å². The predicted octanol–water partition coefficient (Wildman–Crippen LogP) is 0.785. The molecule has 2 fully saturated rings. The van der Waals surface area contributed by atoms with Crippen LogP contribution < -0.4 is 5.32 Å². The molecule has 108 valence electrons. The van der Waals surface area contributed by atoms with Gasteiger partial charge in [0.05, 0.1) is 6.61 Å². The number of carbonyl (C=O) groups is 2. The molecule has 5 heteroatoms. The average Bonchev–Trinajstić information content (AvgIpc) is 2.88. The first-order valence-corrected chi connectivity index (χ1v) is 7.23. The number of piperazine rings is 1. The van der Waals surface area contributed by atoms with Crippen molar-refractivity contribution in [2.75, 3.05) is 19.8 Å². The van der Waals surface area contributed by atoms with Crippen LogP contribution in [0, 0.1) is 11.8 Å². The van der Waals surface area contributed by atoms with Gasteiger partial charge < -0.3 is 15.0 Å². The van der Waals surface area contributed by atoms with E-state index in [0.717, 1.165) is 19.4 Å². The predicted molar refractivity (Wildman–Crippen MR) is 71.5 cm³/mol. The molecule has 2 aliphatic rings. The Balaban J connectivity index is 2.15. The lowest BCUT2D eigenvalue weighted by Gasteiger charge is -2.41. The van der Waals surface area contributed by atoms with Crippen LogP contribution in [0.1, 0.15) is 33.6 Å². The van der Waals surface area contributed by atoms with E-state index in [1.54, 1.807) is 11.8 Å². The van der Waals surface area contributed by atoms with Crippen LogP contribution in [-0.4, -0.2) is 48.6 Å². The van der Waals surface area contributed by atoms with Crippen molar-refractivity contribution in [2.24, 2.45) is 11.8 Å². The highest BCUT2D eigenvalue weighted by molar-refractivity contribution is 5.96. The zero-order valence-corrected chi connectivity index (χ0v) is 12.0. The number of ether oxygens (including phenoxy) is 1. The van der Waals surface area contributed by atoms with Crippen LogP contribution in [0.15, 0.2) is 0 Å². The van der Waals surface area contributed by atoms with Crippen LogP contribution in [0.25, 0.3) is 0 Å². The molecule has 0 aromatic rings. The molecule has 2 amide bonds. The molecule has 19 heavy (non-hydrogen) atoms. The van der Waals surface area contributed by atoms with Crippen molar-refractivity contribution in [3.63, 3.8) is 0 Å². The second-order valence-corrected chi connectivity index (χ2v) is 5.78. The Morgan fingerprint density at radius 2 is 2.21 bits per heavy atom. The number of hydrogen-bond acceptors (Lipinski definition) is 3. The zero-order valence-electron chi connectivity index (χ0n) is 12.0. The van der Waals surface area contributed by atoms with Crippen LogP contribution in [0.5, 0.6) is 0 Å². The van der Waals surface area contributed by atoms with Gasteiger partial charge >= 0.3 is 0 Å². The van der Waals surface area contributed by atoms with Gasteiger partial charge in [-0.15, -0.1) is 0 Å².